The van der Waals surface area contributed by atoms with Crippen molar-refractivity contribution in [2.24, 2.45) is 0 Å². The van der Waals surface area contributed by atoms with Crippen molar-refractivity contribution in [3.8, 4) is 0 Å². The highest BCUT2D eigenvalue weighted by Gasteiger charge is 2.22. The smallest absolute Gasteiger partial charge is 0.0699 e. The van der Waals surface area contributed by atoms with Gasteiger partial charge in [0.05, 0.1) is 6.10 Å². The Bertz CT molecular complexity index is 331. The third-order valence-corrected chi connectivity index (χ3v) is 4.84. The Morgan fingerprint density at radius 1 is 1.38 bits per heavy atom. The molecule has 1 aliphatic heterocycles. The fourth-order valence-electron chi connectivity index (χ4n) is 2.26. The van der Waals surface area contributed by atoms with Crippen LogP contribution < -0.4 is 0 Å². The molecule has 2 heteroatoms. The lowest BCUT2D eigenvalue weighted by molar-refractivity contribution is 0.166. The van der Waals surface area contributed by atoms with Crippen LogP contribution in [0.2, 0.25) is 0 Å². The van der Waals surface area contributed by atoms with Gasteiger partial charge >= 0.3 is 0 Å². The lowest BCUT2D eigenvalue weighted by Gasteiger charge is -2.26. The topological polar surface area (TPSA) is 20.2 Å². The van der Waals surface area contributed by atoms with Crippen LogP contribution in [0, 0.1) is 6.92 Å². The van der Waals surface area contributed by atoms with Crippen molar-refractivity contribution in [2.75, 3.05) is 5.75 Å². The van der Waals surface area contributed by atoms with Crippen LogP contribution in [0.4, 0.5) is 0 Å². The van der Waals surface area contributed by atoms with Crippen molar-refractivity contribution in [3.05, 3.63) is 35.4 Å². The van der Waals surface area contributed by atoms with Crippen molar-refractivity contribution in [2.45, 2.75) is 44.0 Å². The molecule has 2 atom stereocenters. The largest absolute Gasteiger partial charge is 0.392 e. The van der Waals surface area contributed by atoms with Crippen molar-refractivity contribution >= 4 is 11.8 Å². The van der Waals surface area contributed by atoms with Crippen molar-refractivity contribution in [1.29, 1.82) is 0 Å². The Kier molecular flexibility index (Phi) is 4.30. The molecule has 0 aromatic heterocycles. The summed E-state index contributed by atoms with van der Waals surface area (Å²) in [4.78, 5) is 0. The van der Waals surface area contributed by atoms with Gasteiger partial charge in [0.2, 0.25) is 0 Å². The molecule has 1 aromatic carbocycles. The molecule has 1 aliphatic rings. The molecule has 1 saturated heterocycles. The molecule has 1 N–H and O–H groups in total. The van der Waals surface area contributed by atoms with Gasteiger partial charge in [0.15, 0.2) is 0 Å². The van der Waals surface area contributed by atoms with Gasteiger partial charge in [-0.25, -0.2) is 0 Å². The first-order valence-electron chi connectivity index (χ1n) is 6.11. The summed E-state index contributed by atoms with van der Waals surface area (Å²) in [7, 11) is 0. The number of hydrogen-bond donors (Lipinski definition) is 1. The Labute approximate surface area is 102 Å². The van der Waals surface area contributed by atoms with Gasteiger partial charge < -0.3 is 5.11 Å². The lowest BCUT2D eigenvalue weighted by atomic mass is 9.99. The van der Waals surface area contributed by atoms with E-state index in [4.69, 9.17) is 0 Å². The monoisotopic (exact) mass is 236 g/mol. The highest BCUT2D eigenvalue weighted by atomic mass is 32.2. The summed E-state index contributed by atoms with van der Waals surface area (Å²) in [5, 5.41) is 10.7. The van der Waals surface area contributed by atoms with Crippen LogP contribution in [-0.2, 0) is 6.42 Å². The van der Waals surface area contributed by atoms with Crippen molar-refractivity contribution < 1.29 is 5.11 Å². The van der Waals surface area contributed by atoms with E-state index in [0.29, 0.717) is 5.25 Å². The second-order valence-corrected chi connectivity index (χ2v) is 5.95. The molecular formula is C14H20OS. The zero-order valence-electron chi connectivity index (χ0n) is 9.86. The first-order valence-corrected chi connectivity index (χ1v) is 7.16. The normalized spacial score (nSPS) is 23.0. The van der Waals surface area contributed by atoms with Gasteiger partial charge in [-0.05, 0) is 43.1 Å². The Hall–Kier alpha value is -0.470. The second-order valence-electron chi connectivity index (χ2n) is 4.60. The van der Waals surface area contributed by atoms with E-state index in [1.807, 2.05) is 11.8 Å². The SMILES string of the molecule is Cc1ccccc1CC(O)C1CCCCS1. The first kappa shape index (κ1) is 12.0. The summed E-state index contributed by atoms with van der Waals surface area (Å²) in [6.45, 7) is 2.12. The van der Waals surface area contributed by atoms with E-state index in [0.717, 1.165) is 6.42 Å². The van der Waals surface area contributed by atoms with E-state index in [9.17, 15) is 5.11 Å². The van der Waals surface area contributed by atoms with Gasteiger partial charge in [0.25, 0.3) is 0 Å². The van der Waals surface area contributed by atoms with Crippen LogP contribution in [0.1, 0.15) is 30.4 Å². The Morgan fingerprint density at radius 2 is 2.19 bits per heavy atom. The molecule has 1 nitrogen and oxygen atoms in total. The highest BCUT2D eigenvalue weighted by Crippen LogP contribution is 2.29. The van der Waals surface area contributed by atoms with Gasteiger partial charge in [-0.3, -0.25) is 0 Å². The fraction of sp³-hybridized carbons (Fsp3) is 0.571. The quantitative estimate of drug-likeness (QED) is 0.870. The molecule has 0 spiro atoms. The summed E-state index contributed by atoms with van der Waals surface area (Å²) in [5.74, 6) is 1.22. The van der Waals surface area contributed by atoms with Crippen LogP contribution in [-0.4, -0.2) is 22.2 Å². The van der Waals surface area contributed by atoms with E-state index in [1.54, 1.807) is 0 Å². The van der Waals surface area contributed by atoms with E-state index < -0.39 is 0 Å². The Balaban J connectivity index is 1.96. The first-order chi connectivity index (χ1) is 7.77. The van der Waals surface area contributed by atoms with Crippen LogP contribution in [0.3, 0.4) is 0 Å². The van der Waals surface area contributed by atoms with Gasteiger partial charge in [-0.1, -0.05) is 30.7 Å². The number of hydrogen-bond acceptors (Lipinski definition) is 2. The van der Waals surface area contributed by atoms with Gasteiger partial charge in [0, 0.05) is 5.25 Å². The predicted octanol–water partition coefficient (Wildman–Crippen LogP) is 3.18. The number of benzene rings is 1. The molecular weight excluding hydrogens is 216 g/mol. The third kappa shape index (κ3) is 3.02. The molecule has 88 valence electrons. The second kappa shape index (κ2) is 5.74. The molecule has 2 rings (SSSR count). The number of aryl methyl sites for hydroxylation is 1. The van der Waals surface area contributed by atoms with Crippen LogP contribution >= 0.6 is 11.8 Å². The molecule has 1 aromatic rings. The summed E-state index contributed by atoms with van der Waals surface area (Å²) in [6.07, 6.45) is 4.41. The van der Waals surface area contributed by atoms with E-state index in [-0.39, 0.29) is 6.10 Å². The highest BCUT2D eigenvalue weighted by molar-refractivity contribution is 8.00. The molecule has 2 unspecified atom stereocenters. The van der Waals surface area contributed by atoms with Gasteiger partial charge in [-0.15, -0.1) is 0 Å². The summed E-state index contributed by atoms with van der Waals surface area (Å²) in [6, 6.07) is 8.37. The molecule has 0 aliphatic carbocycles. The third-order valence-electron chi connectivity index (χ3n) is 3.33. The molecule has 16 heavy (non-hydrogen) atoms. The van der Waals surface area contributed by atoms with E-state index in [2.05, 4.69) is 31.2 Å². The van der Waals surface area contributed by atoms with Crippen molar-refractivity contribution in [1.82, 2.24) is 0 Å². The average molecular weight is 236 g/mol. The zero-order chi connectivity index (χ0) is 11.4. The Morgan fingerprint density at radius 3 is 2.88 bits per heavy atom. The van der Waals surface area contributed by atoms with Crippen LogP contribution in [0.15, 0.2) is 24.3 Å². The number of thioether (sulfide) groups is 1. The average Bonchev–Trinajstić information content (AvgIpc) is 2.33. The minimum absolute atomic E-state index is 0.175. The van der Waals surface area contributed by atoms with E-state index in [1.165, 1.54) is 36.1 Å². The molecule has 0 bridgehead atoms. The maximum Gasteiger partial charge on any atom is 0.0699 e. The molecule has 0 amide bonds. The zero-order valence-corrected chi connectivity index (χ0v) is 10.7. The fourth-order valence-corrected chi connectivity index (χ4v) is 3.59. The molecule has 1 heterocycles. The van der Waals surface area contributed by atoms with Crippen molar-refractivity contribution in [3.63, 3.8) is 0 Å². The van der Waals surface area contributed by atoms with Gasteiger partial charge in [0.1, 0.15) is 0 Å². The number of aliphatic hydroxyl groups is 1. The predicted molar refractivity (Wildman–Crippen MR) is 71.0 cm³/mol. The minimum Gasteiger partial charge on any atom is -0.392 e. The summed E-state index contributed by atoms with van der Waals surface area (Å²) in [5.41, 5.74) is 2.59. The lowest BCUT2D eigenvalue weighted by Crippen LogP contribution is -2.28. The maximum atomic E-state index is 10.2. The number of rotatable bonds is 3. The summed E-state index contributed by atoms with van der Waals surface area (Å²) < 4.78 is 0. The van der Waals surface area contributed by atoms with Gasteiger partial charge in [-0.2, -0.15) is 11.8 Å². The number of aliphatic hydroxyl groups excluding tert-OH is 1. The standard InChI is InChI=1S/C14H20OS/c1-11-6-2-3-7-12(11)10-13(15)14-8-4-5-9-16-14/h2-3,6-7,13-15H,4-5,8-10H2,1H3. The molecule has 0 saturated carbocycles. The van der Waals surface area contributed by atoms with Crippen LogP contribution in [0.25, 0.3) is 0 Å². The maximum absolute atomic E-state index is 10.2. The minimum atomic E-state index is -0.175. The summed E-state index contributed by atoms with van der Waals surface area (Å²) >= 11 is 1.95. The van der Waals surface area contributed by atoms with E-state index >= 15 is 0 Å². The van der Waals surface area contributed by atoms with Crippen LogP contribution in [0.5, 0.6) is 0 Å². The molecule has 1 fully saturated rings. The molecule has 0 radical (unpaired) electrons.